The molecule has 10 heteroatoms. The summed E-state index contributed by atoms with van der Waals surface area (Å²) in [6, 6.07) is 6.89. The summed E-state index contributed by atoms with van der Waals surface area (Å²) in [6.07, 6.45) is -0.165. The van der Waals surface area contributed by atoms with Gasteiger partial charge in [0.15, 0.2) is 11.6 Å². The third-order valence-corrected chi connectivity index (χ3v) is 7.49. The van der Waals surface area contributed by atoms with E-state index in [9.17, 15) is 18.7 Å². The molecule has 176 valence electrons. The van der Waals surface area contributed by atoms with Crippen LogP contribution in [0.25, 0.3) is 10.2 Å². The van der Waals surface area contributed by atoms with Gasteiger partial charge in [-0.05, 0) is 36.8 Å². The fraction of sp³-hybridized carbons (Fsp3) is 0.292. The van der Waals surface area contributed by atoms with Gasteiger partial charge in [0, 0.05) is 15.2 Å². The van der Waals surface area contributed by atoms with Crippen LogP contribution in [0.2, 0.25) is 0 Å². The Morgan fingerprint density at radius 1 is 1.15 bits per heavy atom. The van der Waals surface area contributed by atoms with Gasteiger partial charge in [0.1, 0.15) is 28.9 Å². The molecule has 1 unspecified atom stereocenters. The molecule has 0 saturated heterocycles. The second kappa shape index (κ2) is 9.36. The lowest BCUT2D eigenvalue weighted by Gasteiger charge is -2.14. The van der Waals surface area contributed by atoms with Crippen LogP contribution in [0.1, 0.15) is 57.4 Å². The van der Waals surface area contributed by atoms with Gasteiger partial charge in [-0.1, -0.05) is 26.8 Å². The van der Waals surface area contributed by atoms with Crippen LogP contribution in [0.15, 0.2) is 46.9 Å². The number of benzene rings is 1. The van der Waals surface area contributed by atoms with E-state index in [1.165, 1.54) is 23.7 Å². The number of nitrogens with zero attached hydrogens (tertiary/aromatic N) is 4. The number of carbonyl (C=O) groups excluding carboxylic acids is 1. The Morgan fingerprint density at radius 3 is 2.53 bits per heavy atom. The molecule has 1 aromatic carbocycles. The summed E-state index contributed by atoms with van der Waals surface area (Å²) in [5.41, 5.74) is 0.0892. The van der Waals surface area contributed by atoms with Crippen LogP contribution in [0.3, 0.4) is 0 Å². The van der Waals surface area contributed by atoms with E-state index in [1.807, 2.05) is 33.8 Å². The number of aromatic nitrogens is 2. The van der Waals surface area contributed by atoms with Crippen molar-refractivity contribution in [3.05, 3.63) is 74.1 Å². The van der Waals surface area contributed by atoms with Gasteiger partial charge in [-0.2, -0.15) is 5.11 Å². The minimum Gasteiger partial charge on any atom is -0.383 e. The van der Waals surface area contributed by atoms with E-state index in [0.717, 1.165) is 33.9 Å². The first-order valence-electron chi connectivity index (χ1n) is 10.4. The average Bonchev–Trinajstić information content (AvgIpc) is 3.36. The van der Waals surface area contributed by atoms with E-state index in [0.29, 0.717) is 20.0 Å². The van der Waals surface area contributed by atoms with E-state index >= 15 is 0 Å². The van der Waals surface area contributed by atoms with Gasteiger partial charge in [0.2, 0.25) is 0 Å². The summed E-state index contributed by atoms with van der Waals surface area (Å²) in [5, 5.41) is 19.6. The molecule has 1 atom stereocenters. The van der Waals surface area contributed by atoms with Crippen molar-refractivity contribution in [2.75, 3.05) is 0 Å². The Balaban J connectivity index is 1.59. The lowest BCUT2D eigenvalue weighted by Crippen LogP contribution is -2.18. The zero-order valence-corrected chi connectivity index (χ0v) is 20.6. The summed E-state index contributed by atoms with van der Waals surface area (Å²) >= 11 is 2.50. The van der Waals surface area contributed by atoms with Crippen molar-refractivity contribution < 1.29 is 18.7 Å². The van der Waals surface area contributed by atoms with E-state index in [4.69, 9.17) is 0 Å². The molecule has 3 aromatic heterocycles. The third-order valence-electron chi connectivity index (χ3n) is 5.18. The van der Waals surface area contributed by atoms with Crippen molar-refractivity contribution in [3.8, 4) is 0 Å². The number of ketones is 1. The van der Waals surface area contributed by atoms with Gasteiger partial charge in [-0.3, -0.25) is 4.79 Å². The Morgan fingerprint density at radius 2 is 1.85 bits per heavy atom. The molecule has 0 amide bonds. The molecular weight excluding hydrogens is 478 g/mol. The van der Waals surface area contributed by atoms with Gasteiger partial charge in [0.25, 0.3) is 0 Å². The van der Waals surface area contributed by atoms with Crippen LogP contribution in [0.4, 0.5) is 14.6 Å². The summed E-state index contributed by atoms with van der Waals surface area (Å²) < 4.78 is 28.2. The summed E-state index contributed by atoms with van der Waals surface area (Å²) in [5.74, 6) is -1.29. The van der Waals surface area contributed by atoms with Crippen molar-refractivity contribution in [2.45, 2.75) is 40.3 Å². The van der Waals surface area contributed by atoms with Crippen molar-refractivity contribution in [1.29, 1.82) is 0 Å². The van der Waals surface area contributed by atoms with Crippen LogP contribution < -0.4 is 0 Å². The number of aryl methyl sites for hydroxylation is 1. The molecule has 4 aromatic rings. The van der Waals surface area contributed by atoms with Gasteiger partial charge in [-0.15, -0.1) is 27.8 Å². The molecule has 0 aliphatic heterocycles. The summed E-state index contributed by atoms with van der Waals surface area (Å²) in [4.78, 5) is 23.3. The number of azo groups is 1. The van der Waals surface area contributed by atoms with Crippen molar-refractivity contribution in [1.82, 2.24) is 9.97 Å². The highest BCUT2D eigenvalue weighted by Crippen LogP contribution is 2.37. The number of carbonyl (C=O) groups is 1. The fourth-order valence-electron chi connectivity index (χ4n) is 3.32. The summed E-state index contributed by atoms with van der Waals surface area (Å²) in [6.45, 7) is 7.86. The molecule has 0 aliphatic rings. The number of hydrogen-bond donors (Lipinski definition) is 1. The second-order valence-corrected chi connectivity index (χ2v) is 11.0. The van der Waals surface area contributed by atoms with E-state index < -0.39 is 28.7 Å². The predicted octanol–water partition coefficient (Wildman–Crippen LogP) is 6.93. The Kier molecular flexibility index (Phi) is 6.66. The molecule has 34 heavy (non-hydrogen) atoms. The highest BCUT2D eigenvalue weighted by atomic mass is 32.1. The lowest BCUT2D eigenvalue weighted by molar-refractivity contribution is 0.0862. The Hall–Kier alpha value is -2.95. The molecule has 3 heterocycles. The van der Waals surface area contributed by atoms with Gasteiger partial charge >= 0.3 is 0 Å². The predicted molar refractivity (Wildman–Crippen MR) is 129 cm³/mol. The van der Waals surface area contributed by atoms with Gasteiger partial charge in [0.05, 0.1) is 22.4 Å². The minimum atomic E-state index is -1.49. The maximum absolute atomic E-state index is 14.1. The van der Waals surface area contributed by atoms with Crippen molar-refractivity contribution in [2.24, 2.45) is 15.6 Å². The number of Topliss-reactive ketones (excluding diaryl/α,β-unsaturated/α-hetero) is 1. The normalized spacial score (nSPS) is 13.1. The molecule has 0 fully saturated rings. The monoisotopic (exact) mass is 500 g/mol. The topological polar surface area (TPSA) is 87.8 Å². The van der Waals surface area contributed by atoms with Crippen molar-refractivity contribution >= 4 is 44.5 Å². The first-order chi connectivity index (χ1) is 16.1. The molecule has 0 aliphatic carbocycles. The van der Waals surface area contributed by atoms with Crippen LogP contribution in [0.5, 0.6) is 0 Å². The van der Waals surface area contributed by atoms with Crippen LogP contribution in [0, 0.1) is 24.0 Å². The Labute approximate surface area is 203 Å². The molecule has 0 saturated carbocycles. The number of thiophene rings is 2. The molecule has 0 radical (unpaired) electrons. The highest BCUT2D eigenvalue weighted by molar-refractivity contribution is 7.18. The fourth-order valence-corrected chi connectivity index (χ4v) is 5.55. The van der Waals surface area contributed by atoms with E-state index in [2.05, 4.69) is 20.2 Å². The molecule has 4 rings (SSSR count). The number of fused-ring (bicyclic) bond motifs is 1. The highest BCUT2D eigenvalue weighted by Gasteiger charge is 2.25. The first kappa shape index (κ1) is 24.2. The van der Waals surface area contributed by atoms with Crippen molar-refractivity contribution in [3.63, 3.8) is 0 Å². The molecule has 0 bridgehead atoms. The zero-order chi connectivity index (χ0) is 24.6. The molecular formula is C24H22F2N4O2S2. The number of halogens is 2. The van der Waals surface area contributed by atoms with E-state index in [1.54, 1.807) is 6.07 Å². The maximum Gasteiger partial charge on any atom is 0.185 e. The standard InChI is InChI=1S/C24H22F2N4O2S2/c1-12-8-17(21(32)24(2,3)4)33-18(12)10-29-30-22-13-9-16(34-23(13)28-11-27-22)20(31)19-14(25)6-5-7-15(19)26/h5-9,11,20,31H,10H2,1-4H3. The molecule has 0 spiro atoms. The molecule has 1 N–H and O–H groups in total. The smallest absolute Gasteiger partial charge is 0.185 e. The average molecular weight is 501 g/mol. The van der Waals surface area contributed by atoms with Gasteiger partial charge in [-0.25, -0.2) is 18.7 Å². The quantitative estimate of drug-likeness (QED) is 0.230. The first-order valence-corrected chi connectivity index (χ1v) is 12.1. The lowest BCUT2D eigenvalue weighted by atomic mass is 9.90. The van der Waals surface area contributed by atoms with Gasteiger partial charge < -0.3 is 5.11 Å². The third kappa shape index (κ3) is 4.79. The number of aliphatic hydroxyl groups excluding tert-OH is 1. The number of rotatable bonds is 6. The van der Waals surface area contributed by atoms with E-state index in [-0.39, 0.29) is 18.1 Å². The largest absolute Gasteiger partial charge is 0.383 e. The number of aliphatic hydroxyl groups is 1. The van der Waals surface area contributed by atoms with Crippen LogP contribution in [-0.2, 0) is 6.54 Å². The zero-order valence-electron chi connectivity index (χ0n) is 19.0. The summed E-state index contributed by atoms with van der Waals surface area (Å²) in [7, 11) is 0. The van der Waals surface area contributed by atoms with Crippen LogP contribution in [-0.4, -0.2) is 20.9 Å². The minimum absolute atomic E-state index is 0.0805. The second-order valence-electron chi connectivity index (χ2n) is 8.80. The number of hydrogen-bond acceptors (Lipinski definition) is 8. The molecule has 6 nitrogen and oxygen atoms in total. The Bertz CT molecular complexity index is 1390. The van der Waals surface area contributed by atoms with Crippen LogP contribution >= 0.6 is 22.7 Å². The maximum atomic E-state index is 14.1. The SMILES string of the molecule is Cc1cc(C(=O)C(C)(C)C)sc1CN=Nc1ncnc2sc(C(O)c3c(F)cccc3F)cc12.